The van der Waals surface area contributed by atoms with Gasteiger partial charge >= 0.3 is 0 Å². The van der Waals surface area contributed by atoms with Crippen molar-refractivity contribution in [3.8, 4) is 0 Å². The molecule has 5 nitrogen and oxygen atoms in total. The predicted molar refractivity (Wildman–Crippen MR) is 91.9 cm³/mol. The zero-order valence-corrected chi connectivity index (χ0v) is 14.0. The average Bonchev–Trinajstić information content (AvgIpc) is 2.59. The molecule has 128 valence electrons. The van der Waals surface area contributed by atoms with Crippen molar-refractivity contribution in [1.29, 1.82) is 0 Å². The summed E-state index contributed by atoms with van der Waals surface area (Å²) < 4.78 is 5.31. The number of hydrogen-bond donors (Lipinski definition) is 2. The largest absolute Gasteiger partial charge is 0.381 e. The molecule has 0 aliphatic carbocycles. The summed E-state index contributed by atoms with van der Waals surface area (Å²) in [5, 5.41) is 2.97. The van der Waals surface area contributed by atoms with Gasteiger partial charge in [0.15, 0.2) is 0 Å². The molecule has 23 heavy (non-hydrogen) atoms. The van der Waals surface area contributed by atoms with E-state index in [1.54, 1.807) is 0 Å². The normalized spacial score (nSPS) is 17.2. The number of rotatable bonds is 8. The molecule has 1 aromatic rings. The van der Waals surface area contributed by atoms with Gasteiger partial charge in [-0.05, 0) is 44.3 Å². The molecular weight excluding hydrogens is 290 g/mol. The summed E-state index contributed by atoms with van der Waals surface area (Å²) in [4.78, 5) is 14.4. The highest BCUT2D eigenvalue weighted by Crippen LogP contribution is 2.17. The smallest absolute Gasteiger partial charge is 0.237 e. The van der Waals surface area contributed by atoms with Crippen molar-refractivity contribution >= 4 is 5.91 Å². The quantitative estimate of drug-likeness (QED) is 0.710. The molecular formula is C18H29N3O2. The van der Waals surface area contributed by atoms with E-state index in [9.17, 15) is 4.79 Å². The lowest BCUT2D eigenvalue weighted by Crippen LogP contribution is -2.47. The van der Waals surface area contributed by atoms with E-state index in [2.05, 4.69) is 41.5 Å². The Kier molecular flexibility index (Phi) is 7.52. The van der Waals surface area contributed by atoms with Crippen molar-refractivity contribution < 1.29 is 9.53 Å². The SMILES string of the molecule is CN(CCCNC(=O)C(N)C1CCOCC1)Cc1ccccc1. The van der Waals surface area contributed by atoms with Gasteiger partial charge in [-0.2, -0.15) is 0 Å². The molecule has 5 heteroatoms. The number of benzene rings is 1. The zero-order chi connectivity index (χ0) is 16.5. The third-order valence-corrected chi connectivity index (χ3v) is 4.39. The molecule has 1 fully saturated rings. The van der Waals surface area contributed by atoms with Gasteiger partial charge in [-0.3, -0.25) is 4.79 Å². The Morgan fingerprint density at radius 3 is 2.74 bits per heavy atom. The highest BCUT2D eigenvalue weighted by molar-refractivity contribution is 5.81. The van der Waals surface area contributed by atoms with Gasteiger partial charge in [0, 0.05) is 26.3 Å². The molecule has 1 aromatic carbocycles. The molecule has 0 bridgehead atoms. The number of ether oxygens (including phenoxy) is 1. The van der Waals surface area contributed by atoms with E-state index in [1.165, 1.54) is 5.56 Å². The second-order valence-electron chi connectivity index (χ2n) is 6.34. The minimum atomic E-state index is -0.402. The molecule has 1 aliphatic heterocycles. The third kappa shape index (κ3) is 6.29. The summed E-state index contributed by atoms with van der Waals surface area (Å²) in [6.07, 6.45) is 2.69. The minimum Gasteiger partial charge on any atom is -0.381 e. The van der Waals surface area contributed by atoms with Crippen molar-refractivity contribution in [3.63, 3.8) is 0 Å². The van der Waals surface area contributed by atoms with Crippen LogP contribution >= 0.6 is 0 Å². The minimum absolute atomic E-state index is 0.0254. The summed E-state index contributed by atoms with van der Waals surface area (Å²) in [5.41, 5.74) is 7.36. The Morgan fingerprint density at radius 1 is 1.35 bits per heavy atom. The lowest BCUT2D eigenvalue weighted by molar-refractivity contribution is -0.124. The maximum absolute atomic E-state index is 12.1. The summed E-state index contributed by atoms with van der Waals surface area (Å²) >= 11 is 0. The van der Waals surface area contributed by atoms with E-state index in [0.29, 0.717) is 6.54 Å². The van der Waals surface area contributed by atoms with Crippen LogP contribution in [0.2, 0.25) is 0 Å². The number of nitrogens with zero attached hydrogens (tertiary/aromatic N) is 1. The van der Waals surface area contributed by atoms with E-state index >= 15 is 0 Å². The molecule has 0 radical (unpaired) electrons. The van der Waals surface area contributed by atoms with Crippen molar-refractivity contribution in [2.45, 2.75) is 31.8 Å². The lowest BCUT2D eigenvalue weighted by Gasteiger charge is -2.26. The Hall–Kier alpha value is -1.43. The maximum atomic E-state index is 12.1. The van der Waals surface area contributed by atoms with Gasteiger partial charge < -0.3 is 20.7 Å². The summed E-state index contributed by atoms with van der Waals surface area (Å²) in [7, 11) is 2.10. The first-order valence-electron chi connectivity index (χ1n) is 8.50. The van der Waals surface area contributed by atoms with Crippen LogP contribution in [0.25, 0.3) is 0 Å². The number of carbonyl (C=O) groups is 1. The van der Waals surface area contributed by atoms with Gasteiger partial charge in [0.25, 0.3) is 0 Å². The molecule has 0 saturated carbocycles. The Bertz CT molecular complexity index is 461. The fraction of sp³-hybridized carbons (Fsp3) is 0.611. The van der Waals surface area contributed by atoms with Gasteiger partial charge in [0.1, 0.15) is 0 Å². The molecule has 1 saturated heterocycles. The van der Waals surface area contributed by atoms with Crippen LogP contribution in [-0.4, -0.2) is 50.2 Å². The summed E-state index contributed by atoms with van der Waals surface area (Å²) in [6.45, 7) is 3.98. The second-order valence-corrected chi connectivity index (χ2v) is 6.34. The summed E-state index contributed by atoms with van der Waals surface area (Å²) in [5.74, 6) is 0.229. The van der Waals surface area contributed by atoms with E-state index < -0.39 is 6.04 Å². The van der Waals surface area contributed by atoms with Crippen LogP contribution in [0, 0.1) is 5.92 Å². The fourth-order valence-electron chi connectivity index (χ4n) is 2.94. The molecule has 1 aliphatic rings. The van der Waals surface area contributed by atoms with Crippen LogP contribution in [-0.2, 0) is 16.1 Å². The average molecular weight is 319 g/mol. The molecule has 1 unspecified atom stereocenters. The maximum Gasteiger partial charge on any atom is 0.237 e. The van der Waals surface area contributed by atoms with E-state index in [0.717, 1.165) is 45.6 Å². The monoisotopic (exact) mass is 319 g/mol. The van der Waals surface area contributed by atoms with Crippen molar-refractivity contribution in [1.82, 2.24) is 10.2 Å². The highest BCUT2D eigenvalue weighted by atomic mass is 16.5. The standard InChI is InChI=1S/C18H29N3O2/c1-21(14-15-6-3-2-4-7-15)11-5-10-20-18(22)17(19)16-8-12-23-13-9-16/h2-4,6-7,16-17H,5,8-14,19H2,1H3,(H,20,22). The topological polar surface area (TPSA) is 67.6 Å². The van der Waals surface area contributed by atoms with Crippen LogP contribution in [0.4, 0.5) is 0 Å². The molecule has 1 heterocycles. The van der Waals surface area contributed by atoms with Gasteiger partial charge in [-0.15, -0.1) is 0 Å². The number of carbonyl (C=O) groups excluding carboxylic acids is 1. The third-order valence-electron chi connectivity index (χ3n) is 4.39. The molecule has 1 atom stereocenters. The molecule has 1 amide bonds. The van der Waals surface area contributed by atoms with Gasteiger partial charge in [0.05, 0.1) is 6.04 Å². The molecule has 0 aromatic heterocycles. The van der Waals surface area contributed by atoms with Crippen molar-refractivity contribution in [2.75, 3.05) is 33.4 Å². The second kappa shape index (κ2) is 9.65. The van der Waals surface area contributed by atoms with E-state index in [4.69, 9.17) is 10.5 Å². The molecule has 3 N–H and O–H groups in total. The zero-order valence-electron chi connectivity index (χ0n) is 14.0. The van der Waals surface area contributed by atoms with Crippen LogP contribution < -0.4 is 11.1 Å². The Morgan fingerprint density at radius 2 is 2.04 bits per heavy atom. The fourth-order valence-corrected chi connectivity index (χ4v) is 2.94. The Balaban J connectivity index is 1.59. The summed E-state index contributed by atoms with van der Waals surface area (Å²) in [6, 6.07) is 10.0. The first-order chi connectivity index (χ1) is 11.2. The van der Waals surface area contributed by atoms with Gasteiger partial charge in [-0.1, -0.05) is 30.3 Å². The van der Waals surface area contributed by atoms with Crippen LogP contribution in [0.3, 0.4) is 0 Å². The first-order valence-corrected chi connectivity index (χ1v) is 8.50. The Labute approximate surface area is 139 Å². The van der Waals surface area contributed by atoms with Gasteiger partial charge in [-0.25, -0.2) is 0 Å². The van der Waals surface area contributed by atoms with E-state index in [-0.39, 0.29) is 11.8 Å². The number of nitrogens with two attached hydrogens (primary N) is 1. The van der Waals surface area contributed by atoms with E-state index in [1.807, 2.05) is 6.07 Å². The van der Waals surface area contributed by atoms with Crippen LogP contribution in [0.1, 0.15) is 24.8 Å². The predicted octanol–water partition coefficient (Wildman–Crippen LogP) is 1.38. The number of hydrogen-bond acceptors (Lipinski definition) is 4. The van der Waals surface area contributed by atoms with Crippen molar-refractivity contribution in [2.24, 2.45) is 11.7 Å². The van der Waals surface area contributed by atoms with Crippen molar-refractivity contribution in [3.05, 3.63) is 35.9 Å². The number of nitrogens with one attached hydrogen (secondary N) is 1. The first kappa shape index (κ1) is 17.9. The number of amides is 1. The van der Waals surface area contributed by atoms with Crippen LogP contribution in [0.15, 0.2) is 30.3 Å². The molecule has 0 spiro atoms. The highest BCUT2D eigenvalue weighted by Gasteiger charge is 2.26. The van der Waals surface area contributed by atoms with Crippen LogP contribution in [0.5, 0.6) is 0 Å². The lowest BCUT2D eigenvalue weighted by atomic mass is 9.92. The van der Waals surface area contributed by atoms with Gasteiger partial charge in [0.2, 0.25) is 5.91 Å². The molecule has 2 rings (SSSR count).